The Hall–Kier alpha value is -2.78. The van der Waals surface area contributed by atoms with Gasteiger partial charge in [0.05, 0.1) is 11.5 Å². The maximum atomic E-state index is 12.2. The summed E-state index contributed by atoms with van der Waals surface area (Å²) in [6.45, 7) is 0.0784. The van der Waals surface area contributed by atoms with Gasteiger partial charge in [-0.1, -0.05) is 12.1 Å². The lowest BCUT2D eigenvalue weighted by Gasteiger charge is -2.15. The Kier molecular flexibility index (Phi) is 5.61. The summed E-state index contributed by atoms with van der Waals surface area (Å²) in [7, 11) is 1.62. The van der Waals surface area contributed by atoms with Crippen LogP contribution in [0.1, 0.15) is 28.0 Å². The van der Waals surface area contributed by atoms with Crippen LogP contribution in [-0.4, -0.2) is 46.0 Å². The van der Waals surface area contributed by atoms with E-state index in [-0.39, 0.29) is 29.8 Å². The second-order valence-electron chi connectivity index (χ2n) is 5.26. The maximum Gasteiger partial charge on any atom is 0.275 e. The normalized spacial score (nSPS) is 12.0. The zero-order chi connectivity index (χ0) is 17.7. The monoisotopic (exact) mass is 334 g/mol. The average molecular weight is 334 g/mol. The molecule has 0 radical (unpaired) electrons. The van der Waals surface area contributed by atoms with E-state index in [2.05, 4.69) is 4.98 Å². The number of non-ortho nitro benzene ring substituents is 1. The lowest BCUT2D eigenvalue weighted by molar-refractivity contribution is -0.384. The number of carbonyl (C=O) groups is 1. The van der Waals surface area contributed by atoms with Crippen molar-refractivity contribution >= 4 is 11.6 Å². The van der Waals surface area contributed by atoms with Gasteiger partial charge in [-0.2, -0.15) is 0 Å². The molecule has 1 atom stereocenters. The highest BCUT2D eigenvalue weighted by atomic mass is 16.6. The Labute approximate surface area is 137 Å². The molecule has 0 aliphatic heterocycles. The van der Waals surface area contributed by atoms with E-state index in [0.717, 1.165) is 5.56 Å². The molecule has 0 aliphatic rings. The molecule has 1 aromatic carbocycles. The highest BCUT2D eigenvalue weighted by Gasteiger charge is 2.19. The van der Waals surface area contributed by atoms with Crippen molar-refractivity contribution in [3.63, 3.8) is 0 Å². The number of aromatic nitrogens is 1. The largest absolute Gasteiger partial charge is 0.446 e. The van der Waals surface area contributed by atoms with Crippen LogP contribution < -0.4 is 5.73 Å². The van der Waals surface area contributed by atoms with Gasteiger partial charge in [-0.15, -0.1) is 0 Å². The van der Waals surface area contributed by atoms with Crippen LogP contribution in [0.25, 0.3) is 0 Å². The number of aliphatic hydroxyl groups is 1. The van der Waals surface area contributed by atoms with E-state index in [1.54, 1.807) is 19.2 Å². The first-order chi connectivity index (χ1) is 11.4. The predicted molar refractivity (Wildman–Crippen MR) is 84.3 cm³/mol. The summed E-state index contributed by atoms with van der Waals surface area (Å²) in [6, 6.07) is 5.40. The summed E-state index contributed by atoms with van der Waals surface area (Å²) in [5, 5.41) is 19.6. The van der Waals surface area contributed by atoms with Crippen molar-refractivity contribution in [1.82, 2.24) is 9.88 Å². The molecule has 9 heteroatoms. The molecule has 9 nitrogen and oxygen atoms in total. The molecule has 0 bridgehead atoms. The fourth-order valence-electron chi connectivity index (χ4n) is 2.01. The molecule has 0 aliphatic carbocycles. The number of likely N-dealkylation sites (N-methyl/N-ethyl adjacent to an activating group) is 1. The topological polar surface area (TPSA) is 136 Å². The summed E-state index contributed by atoms with van der Waals surface area (Å²) >= 11 is 0. The molecule has 2 aromatic rings. The molecule has 3 N–H and O–H groups in total. The van der Waals surface area contributed by atoms with Crippen LogP contribution in [0, 0.1) is 10.1 Å². The summed E-state index contributed by atoms with van der Waals surface area (Å²) in [4.78, 5) is 27.8. The third kappa shape index (κ3) is 4.15. The number of benzene rings is 1. The van der Waals surface area contributed by atoms with Gasteiger partial charge in [-0.05, 0) is 12.0 Å². The van der Waals surface area contributed by atoms with Crippen molar-refractivity contribution in [2.75, 3.05) is 20.2 Å². The smallest absolute Gasteiger partial charge is 0.275 e. The lowest BCUT2D eigenvalue weighted by atomic mass is 10.1. The molecule has 0 fully saturated rings. The van der Waals surface area contributed by atoms with Gasteiger partial charge >= 0.3 is 0 Å². The summed E-state index contributed by atoms with van der Waals surface area (Å²) in [6.07, 6.45) is 1.75. The van der Waals surface area contributed by atoms with Gasteiger partial charge in [-0.25, -0.2) is 4.98 Å². The van der Waals surface area contributed by atoms with Crippen LogP contribution in [0.15, 0.2) is 34.9 Å². The first kappa shape index (κ1) is 17.6. The molecule has 1 aromatic heterocycles. The molecule has 1 unspecified atom stereocenters. The third-order valence-electron chi connectivity index (χ3n) is 3.48. The fourth-order valence-corrected chi connectivity index (χ4v) is 2.01. The van der Waals surface area contributed by atoms with E-state index in [1.807, 2.05) is 0 Å². The number of oxazole rings is 1. The number of aliphatic hydroxyl groups excluding tert-OH is 1. The number of nitrogens with two attached hydrogens (primary N) is 1. The zero-order valence-electron chi connectivity index (χ0n) is 13.1. The SMILES string of the molecule is CN(CCc1ccc([N+](=O)[O-])cc1)C(=O)c1coc(C(N)CO)n1. The Balaban J connectivity index is 1.94. The van der Waals surface area contributed by atoms with Crippen molar-refractivity contribution in [2.24, 2.45) is 5.73 Å². The first-order valence-corrected chi connectivity index (χ1v) is 7.23. The van der Waals surface area contributed by atoms with E-state index in [4.69, 9.17) is 15.3 Å². The van der Waals surface area contributed by atoms with E-state index >= 15 is 0 Å². The van der Waals surface area contributed by atoms with Crippen LogP contribution in [0.5, 0.6) is 0 Å². The molecule has 1 amide bonds. The number of amides is 1. The van der Waals surface area contributed by atoms with Gasteiger partial charge in [0.1, 0.15) is 12.3 Å². The summed E-state index contributed by atoms with van der Waals surface area (Å²) in [5.41, 5.74) is 6.59. The van der Waals surface area contributed by atoms with Gasteiger partial charge in [0.25, 0.3) is 11.6 Å². The second-order valence-corrected chi connectivity index (χ2v) is 5.26. The fraction of sp³-hybridized carbons (Fsp3) is 0.333. The Morgan fingerprint density at radius 2 is 2.12 bits per heavy atom. The van der Waals surface area contributed by atoms with Gasteiger partial charge in [0.15, 0.2) is 5.69 Å². The number of carbonyl (C=O) groups excluding carboxylic acids is 1. The molecule has 24 heavy (non-hydrogen) atoms. The van der Waals surface area contributed by atoms with E-state index in [1.165, 1.54) is 23.3 Å². The number of hydrogen-bond donors (Lipinski definition) is 2. The molecule has 2 rings (SSSR count). The number of rotatable bonds is 7. The van der Waals surface area contributed by atoms with Crippen LogP contribution >= 0.6 is 0 Å². The van der Waals surface area contributed by atoms with E-state index < -0.39 is 11.0 Å². The second kappa shape index (κ2) is 7.66. The van der Waals surface area contributed by atoms with Crippen molar-refractivity contribution in [3.8, 4) is 0 Å². The maximum absolute atomic E-state index is 12.2. The Morgan fingerprint density at radius 3 is 2.71 bits per heavy atom. The number of hydrogen-bond acceptors (Lipinski definition) is 7. The minimum atomic E-state index is -0.767. The molecular weight excluding hydrogens is 316 g/mol. The Bertz CT molecular complexity index is 713. The third-order valence-corrected chi connectivity index (χ3v) is 3.48. The van der Waals surface area contributed by atoms with E-state index in [9.17, 15) is 14.9 Å². The summed E-state index contributed by atoms with van der Waals surface area (Å²) in [5.74, 6) is -0.235. The molecular formula is C15H18N4O5. The quantitative estimate of drug-likeness (QED) is 0.567. The molecule has 1 heterocycles. The van der Waals surface area contributed by atoms with Gasteiger partial charge in [0, 0.05) is 25.7 Å². The predicted octanol–water partition coefficient (Wildman–Crippen LogP) is 0.890. The molecule has 0 saturated heterocycles. The lowest BCUT2D eigenvalue weighted by Crippen LogP contribution is -2.29. The number of nitro groups is 1. The van der Waals surface area contributed by atoms with Crippen LogP contribution in [-0.2, 0) is 6.42 Å². The molecule has 128 valence electrons. The summed E-state index contributed by atoms with van der Waals surface area (Å²) < 4.78 is 5.08. The molecule has 0 spiro atoms. The van der Waals surface area contributed by atoms with Gasteiger partial charge in [-0.3, -0.25) is 14.9 Å². The van der Waals surface area contributed by atoms with Crippen molar-refractivity contribution in [2.45, 2.75) is 12.5 Å². The minimum absolute atomic E-state index is 0.0264. The minimum Gasteiger partial charge on any atom is -0.446 e. The highest BCUT2D eigenvalue weighted by molar-refractivity contribution is 5.91. The standard InChI is InChI=1S/C15H18N4O5/c1-18(7-6-10-2-4-11(5-3-10)19(22)23)15(21)13-9-24-14(17-13)12(16)8-20/h2-5,9,12,20H,6-8,16H2,1H3. The van der Waals surface area contributed by atoms with Crippen LogP contribution in [0.3, 0.4) is 0 Å². The molecule has 0 saturated carbocycles. The van der Waals surface area contributed by atoms with Gasteiger partial charge in [0.2, 0.25) is 5.89 Å². The highest BCUT2D eigenvalue weighted by Crippen LogP contribution is 2.14. The van der Waals surface area contributed by atoms with Crippen LogP contribution in [0.4, 0.5) is 5.69 Å². The van der Waals surface area contributed by atoms with Gasteiger partial charge < -0.3 is 20.2 Å². The Morgan fingerprint density at radius 1 is 1.46 bits per heavy atom. The first-order valence-electron chi connectivity index (χ1n) is 7.23. The van der Waals surface area contributed by atoms with E-state index in [0.29, 0.717) is 13.0 Å². The number of nitrogens with zero attached hydrogens (tertiary/aromatic N) is 3. The van der Waals surface area contributed by atoms with Crippen molar-refractivity contribution in [3.05, 3.63) is 57.8 Å². The number of nitro benzene ring substituents is 1. The van der Waals surface area contributed by atoms with Crippen LogP contribution in [0.2, 0.25) is 0 Å². The van der Waals surface area contributed by atoms with Crippen molar-refractivity contribution < 1.29 is 19.2 Å². The zero-order valence-corrected chi connectivity index (χ0v) is 13.1. The average Bonchev–Trinajstić information content (AvgIpc) is 3.08. The van der Waals surface area contributed by atoms with Crippen molar-refractivity contribution in [1.29, 1.82) is 0 Å².